The highest BCUT2D eigenvalue weighted by Gasteiger charge is 2.37. The van der Waals surface area contributed by atoms with Crippen LogP contribution in [0.3, 0.4) is 0 Å². The summed E-state index contributed by atoms with van der Waals surface area (Å²) in [5.74, 6) is -1.26. The molecule has 0 radical (unpaired) electrons. The second-order valence-electron chi connectivity index (χ2n) is 5.73. The lowest BCUT2D eigenvalue weighted by Crippen LogP contribution is -2.29. The van der Waals surface area contributed by atoms with Gasteiger partial charge in [0.1, 0.15) is 0 Å². The number of fused-ring (bicyclic) bond motifs is 1. The molecule has 136 valence electrons. The van der Waals surface area contributed by atoms with Crippen LogP contribution >= 0.6 is 11.6 Å². The number of nitrogens with zero attached hydrogens (tertiary/aromatic N) is 2. The van der Waals surface area contributed by atoms with Gasteiger partial charge in [-0.05, 0) is 29.8 Å². The lowest BCUT2D eigenvalue weighted by molar-refractivity contribution is -0.146. The zero-order valence-electron chi connectivity index (χ0n) is 13.6. The van der Waals surface area contributed by atoms with Crippen molar-refractivity contribution >= 4 is 28.5 Å². The summed E-state index contributed by atoms with van der Waals surface area (Å²) in [6.07, 6.45) is -4.46. The molecule has 0 unspecified atom stereocenters. The van der Waals surface area contributed by atoms with E-state index >= 15 is 0 Å². The number of rotatable bonds is 5. The van der Waals surface area contributed by atoms with Gasteiger partial charge in [-0.15, -0.1) is 0 Å². The first-order chi connectivity index (χ1) is 12.3. The van der Waals surface area contributed by atoms with E-state index in [1.54, 1.807) is 42.5 Å². The Kier molecular flexibility index (Phi) is 5.18. The summed E-state index contributed by atoms with van der Waals surface area (Å²) < 4.78 is 40.7. The van der Waals surface area contributed by atoms with E-state index in [0.717, 1.165) is 10.1 Å². The molecule has 26 heavy (non-hydrogen) atoms. The molecular formula is C18H15ClF3N3O. The Hall–Kier alpha value is -2.54. The van der Waals surface area contributed by atoms with E-state index in [2.05, 4.69) is 10.3 Å². The Bertz CT molecular complexity index is 937. The van der Waals surface area contributed by atoms with Crippen LogP contribution in [0.5, 0.6) is 0 Å². The van der Waals surface area contributed by atoms with Crippen molar-refractivity contribution in [2.75, 3.05) is 6.54 Å². The monoisotopic (exact) mass is 381 g/mol. The number of carbonyl (C=O) groups excluding carboxylic acids is 1. The van der Waals surface area contributed by atoms with Gasteiger partial charge in [0.2, 0.25) is 11.7 Å². The average molecular weight is 382 g/mol. The summed E-state index contributed by atoms with van der Waals surface area (Å²) in [5.41, 5.74) is 1.38. The third-order valence-electron chi connectivity index (χ3n) is 3.82. The predicted molar refractivity (Wildman–Crippen MR) is 92.9 cm³/mol. The molecular weight excluding hydrogens is 367 g/mol. The number of hydrogen-bond donors (Lipinski definition) is 1. The summed E-state index contributed by atoms with van der Waals surface area (Å²) in [5, 5.41) is 3.16. The molecule has 0 aliphatic rings. The average Bonchev–Trinajstić information content (AvgIpc) is 2.94. The molecule has 1 amide bonds. The van der Waals surface area contributed by atoms with Gasteiger partial charge in [-0.2, -0.15) is 13.2 Å². The van der Waals surface area contributed by atoms with Crippen molar-refractivity contribution in [3.63, 3.8) is 0 Å². The number of benzene rings is 2. The summed E-state index contributed by atoms with van der Waals surface area (Å²) in [6, 6.07) is 13.3. The molecule has 0 saturated heterocycles. The fourth-order valence-corrected chi connectivity index (χ4v) is 2.93. The van der Waals surface area contributed by atoms with Crippen molar-refractivity contribution in [2.45, 2.75) is 19.1 Å². The van der Waals surface area contributed by atoms with Gasteiger partial charge in [0, 0.05) is 18.1 Å². The molecule has 3 aromatic rings. The molecule has 0 aliphatic carbocycles. The zero-order chi connectivity index (χ0) is 18.7. The largest absolute Gasteiger partial charge is 0.449 e. The molecule has 1 heterocycles. The maximum atomic E-state index is 13.2. The highest BCUT2D eigenvalue weighted by atomic mass is 35.5. The Morgan fingerprint density at radius 3 is 2.65 bits per heavy atom. The lowest BCUT2D eigenvalue weighted by Gasteiger charge is -2.12. The van der Waals surface area contributed by atoms with Crippen LogP contribution in [-0.4, -0.2) is 22.0 Å². The molecule has 1 aromatic heterocycles. The van der Waals surface area contributed by atoms with E-state index in [4.69, 9.17) is 11.6 Å². The van der Waals surface area contributed by atoms with E-state index in [9.17, 15) is 18.0 Å². The maximum Gasteiger partial charge on any atom is 0.449 e. The minimum atomic E-state index is -4.57. The second-order valence-corrected chi connectivity index (χ2v) is 6.17. The first kappa shape index (κ1) is 18.3. The molecule has 0 bridgehead atoms. The number of imidazole rings is 1. The predicted octanol–water partition coefficient (Wildman–Crippen LogP) is 4.07. The van der Waals surface area contributed by atoms with Gasteiger partial charge < -0.3 is 9.88 Å². The first-order valence-electron chi connectivity index (χ1n) is 7.88. The molecule has 0 spiro atoms. The molecule has 8 heteroatoms. The van der Waals surface area contributed by atoms with Gasteiger partial charge in [-0.25, -0.2) is 4.98 Å². The number of amides is 1. The number of nitrogens with one attached hydrogen (secondary N) is 1. The van der Waals surface area contributed by atoms with Crippen LogP contribution in [0, 0.1) is 0 Å². The van der Waals surface area contributed by atoms with Crippen LogP contribution in [0.25, 0.3) is 11.0 Å². The van der Waals surface area contributed by atoms with Gasteiger partial charge in [0.15, 0.2) is 0 Å². The summed E-state index contributed by atoms with van der Waals surface area (Å²) in [7, 11) is 0. The number of para-hydroxylation sites is 2. The van der Waals surface area contributed by atoms with Crippen LogP contribution in [0.4, 0.5) is 13.2 Å². The molecule has 3 rings (SSSR count). The van der Waals surface area contributed by atoms with Crippen molar-refractivity contribution in [1.82, 2.24) is 14.9 Å². The van der Waals surface area contributed by atoms with Gasteiger partial charge in [-0.3, -0.25) is 4.79 Å². The van der Waals surface area contributed by atoms with Crippen molar-refractivity contribution in [3.8, 4) is 0 Å². The maximum absolute atomic E-state index is 13.2. The number of halogens is 4. The zero-order valence-corrected chi connectivity index (χ0v) is 14.3. The molecule has 0 aliphatic heterocycles. The second kappa shape index (κ2) is 7.37. The Balaban J connectivity index is 1.69. The van der Waals surface area contributed by atoms with Crippen molar-refractivity contribution < 1.29 is 18.0 Å². The normalized spacial score (nSPS) is 11.7. The van der Waals surface area contributed by atoms with Crippen molar-refractivity contribution in [1.29, 1.82) is 0 Å². The van der Waals surface area contributed by atoms with Crippen LogP contribution in [-0.2, 0) is 23.9 Å². The minimum absolute atomic E-state index is 0.0311. The van der Waals surface area contributed by atoms with Crippen LogP contribution in [0.1, 0.15) is 11.4 Å². The summed E-state index contributed by atoms with van der Waals surface area (Å²) in [4.78, 5) is 15.7. The quantitative estimate of drug-likeness (QED) is 0.724. The summed E-state index contributed by atoms with van der Waals surface area (Å²) >= 11 is 5.87. The van der Waals surface area contributed by atoms with Crippen molar-refractivity contribution in [2.24, 2.45) is 0 Å². The Morgan fingerprint density at radius 2 is 1.92 bits per heavy atom. The van der Waals surface area contributed by atoms with E-state index in [0.29, 0.717) is 10.5 Å². The lowest BCUT2D eigenvalue weighted by atomic mass is 10.1. The SMILES string of the molecule is O=C(Cc1cccc(Cl)c1)NCCn1c(C(F)(F)F)nc2ccccc21. The van der Waals surface area contributed by atoms with Crippen LogP contribution < -0.4 is 5.32 Å². The van der Waals surface area contributed by atoms with Gasteiger partial charge in [0.05, 0.1) is 17.5 Å². The smallest absolute Gasteiger partial charge is 0.354 e. The van der Waals surface area contributed by atoms with E-state index in [-0.39, 0.29) is 30.9 Å². The topological polar surface area (TPSA) is 46.9 Å². The fourth-order valence-electron chi connectivity index (χ4n) is 2.72. The van der Waals surface area contributed by atoms with E-state index in [1.807, 2.05) is 0 Å². The number of alkyl halides is 3. The number of hydrogen-bond acceptors (Lipinski definition) is 2. The molecule has 0 fully saturated rings. The van der Waals surface area contributed by atoms with Crippen molar-refractivity contribution in [3.05, 3.63) is 64.9 Å². The first-order valence-corrected chi connectivity index (χ1v) is 8.26. The standard InChI is InChI=1S/C18H15ClF3N3O/c19-13-5-3-4-12(10-13)11-16(26)23-8-9-25-15-7-2-1-6-14(15)24-17(25)18(20,21)22/h1-7,10H,8-9,11H2,(H,23,26). The molecule has 2 aromatic carbocycles. The van der Waals surface area contributed by atoms with E-state index in [1.165, 1.54) is 6.07 Å². The fraction of sp³-hybridized carbons (Fsp3) is 0.222. The van der Waals surface area contributed by atoms with Gasteiger partial charge >= 0.3 is 6.18 Å². The molecule has 4 nitrogen and oxygen atoms in total. The third-order valence-corrected chi connectivity index (χ3v) is 4.05. The highest BCUT2D eigenvalue weighted by molar-refractivity contribution is 6.30. The van der Waals surface area contributed by atoms with E-state index < -0.39 is 12.0 Å². The Labute approximate surface area is 152 Å². The van der Waals surface area contributed by atoms with Crippen LogP contribution in [0.15, 0.2) is 48.5 Å². The molecule has 1 N–H and O–H groups in total. The Morgan fingerprint density at radius 1 is 1.15 bits per heavy atom. The minimum Gasteiger partial charge on any atom is -0.354 e. The van der Waals surface area contributed by atoms with Gasteiger partial charge in [-0.1, -0.05) is 35.9 Å². The highest BCUT2D eigenvalue weighted by Crippen LogP contribution is 2.31. The van der Waals surface area contributed by atoms with Crippen LogP contribution in [0.2, 0.25) is 5.02 Å². The molecule has 0 saturated carbocycles. The third kappa shape index (κ3) is 4.16. The summed E-state index contributed by atoms with van der Waals surface area (Å²) in [6.45, 7) is 0.0273. The van der Waals surface area contributed by atoms with Gasteiger partial charge in [0.25, 0.3) is 0 Å². The number of aromatic nitrogens is 2. The molecule has 0 atom stereocenters. The number of carbonyl (C=O) groups is 1.